The van der Waals surface area contributed by atoms with Crippen molar-refractivity contribution in [2.75, 3.05) is 13.1 Å². The number of carboxylic acid groups (broad SMARTS) is 1. The Bertz CT molecular complexity index is 593. The van der Waals surface area contributed by atoms with Gasteiger partial charge in [-0.15, -0.1) is 0 Å². The number of hydrogen-bond donors (Lipinski definition) is 1. The van der Waals surface area contributed by atoms with Crippen molar-refractivity contribution in [3.63, 3.8) is 0 Å². The van der Waals surface area contributed by atoms with E-state index in [1.54, 1.807) is 0 Å². The van der Waals surface area contributed by atoms with Crippen molar-refractivity contribution >= 4 is 23.5 Å². The lowest BCUT2D eigenvalue weighted by molar-refractivity contribution is -0.147. The van der Waals surface area contributed by atoms with Crippen LogP contribution in [0.1, 0.15) is 23.7 Å². The van der Waals surface area contributed by atoms with E-state index in [4.69, 9.17) is 16.7 Å². The number of carbonyl (C=O) groups excluding carboxylic acids is 1. The van der Waals surface area contributed by atoms with E-state index in [9.17, 15) is 18.4 Å². The van der Waals surface area contributed by atoms with Gasteiger partial charge >= 0.3 is 5.97 Å². The summed E-state index contributed by atoms with van der Waals surface area (Å²) in [5, 5.41) is 8.68. The molecule has 108 valence electrons. The van der Waals surface area contributed by atoms with Crippen LogP contribution >= 0.6 is 11.6 Å². The predicted octanol–water partition coefficient (Wildman–Crippen LogP) is 2.56. The first-order chi connectivity index (χ1) is 9.24. The number of benzene rings is 1. The first-order valence-corrected chi connectivity index (χ1v) is 6.29. The Balaban J connectivity index is 2.26. The standard InChI is InChI=1S/C13H12ClF2NO3/c1-13(12(19)20)2-3-17(6-13)11(18)7-4-10(16)8(14)5-9(7)15/h4-5H,2-3,6H2,1H3,(H,19,20). The minimum absolute atomic E-state index is 0.0369. The molecule has 0 bridgehead atoms. The fourth-order valence-corrected chi connectivity index (χ4v) is 2.32. The lowest BCUT2D eigenvalue weighted by Crippen LogP contribution is -2.35. The van der Waals surface area contributed by atoms with Crippen LogP contribution in [0.25, 0.3) is 0 Å². The summed E-state index contributed by atoms with van der Waals surface area (Å²) in [5.74, 6) is -3.57. The van der Waals surface area contributed by atoms with Crippen LogP contribution in [0.3, 0.4) is 0 Å². The van der Waals surface area contributed by atoms with Gasteiger partial charge in [0.1, 0.15) is 11.6 Å². The number of rotatable bonds is 2. The Labute approximate surface area is 118 Å². The maximum atomic E-state index is 13.7. The molecule has 1 unspecified atom stereocenters. The first kappa shape index (κ1) is 14.7. The van der Waals surface area contributed by atoms with Gasteiger partial charge < -0.3 is 10.0 Å². The molecule has 1 saturated heterocycles. The van der Waals surface area contributed by atoms with Gasteiger partial charge in [-0.05, 0) is 25.5 Å². The summed E-state index contributed by atoms with van der Waals surface area (Å²) >= 11 is 5.42. The molecule has 1 heterocycles. The molecule has 2 rings (SSSR count). The number of nitrogens with zero attached hydrogens (tertiary/aromatic N) is 1. The first-order valence-electron chi connectivity index (χ1n) is 5.92. The van der Waals surface area contributed by atoms with E-state index >= 15 is 0 Å². The van der Waals surface area contributed by atoms with Crippen LogP contribution in [0.15, 0.2) is 12.1 Å². The summed E-state index contributed by atoms with van der Waals surface area (Å²) in [6.07, 6.45) is 0.270. The largest absolute Gasteiger partial charge is 0.481 e. The topological polar surface area (TPSA) is 57.6 Å². The van der Waals surface area contributed by atoms with Crippen LogP contribution in [-0.4, -0.2) is 35.0 Å². The highest BCUT2D eigenvalue weighted by molar-refractivity contribution is 6.30. The molecule has 20 heavy (non-hydrogen) atoms. The van der Waals surface area contributed by atoms with E-state index in [0.717, 1.165) is 12.1 Å². The second-order valence-corrected chi connectivity index (χ2v) is 5.50. The molecule has 1 N–H and O–H groups in total. The van der Waals surface area contributed by atoms with Gasteiger partial charge in [0, 0.05) is 13.1 Å². The molecule has 1 aliphatic rings. The van der Waals surface area contributed by atoms with Gasteiger partial charge in [-0.2, -0.15) is 0 Å². The number of amides is 1. The number of carbonyl (C=O) groups is 2. The molecule has 7 heteroatoms. The highest BCUT2D eigenvalue weighted by Crippen LogP contribution is 2.31. The molecule has 1 aromatic rings. The Hall–Kier alpha value is -1.69. The van der Waals surface area contributed by atoms with Crippen LogP contribution in [0.2, 0.25) is 5.02 Å². The molecule has 4 nitrogen and oxygen atoms in total. The predicted molar refractivity (Wildman–Crippen MR) is 67.6 cm³/mol. The van der Waals surface area contributed by atoms with E-state index in [1.165, 1.54) is 11.8 Å². The van der Waals surface area contributed by atoms with Crippen molar-refractivity contribution in [3.8, 4) is 0 Å². The zero-order chi connectivity index (χ0) is 15.1. The molecule has 0 aromatic heterocycles. The number of carboxylic acids is 1. The number of aliphatic carboxylic acids is 1. The van der Waals surface area contributed by atoms with E-state index in [2.05, 4.69) is 0 Å². The Kier molecular flexibility index (Phi) is 3.69. The zero-order valence-corrected chi connectivity index (χ0v) is 11.4. The van der Waals surface area contributed by atoms with Gasteiger partial charge in [-0.3, -0.25) is 9.59 Å². The van der Waals surface area contributed by atoms with Gasteiger partial charge in [0.25, 0.3) is 5.91 Å². The van der Waals surface area contributed by atoms with E-state index in [0.29, 0.717) is 0 Å². The van der Waals surface area contributed by atoms with Gasteiger partial charge in [-0.1, -0.05) is 11.6 Å². The summed E-state index contributed by atoms with van der Waals surface area (Å²) in [7, 11) is 0. The molecular formula is C13H12ClF2NO3. The number of likely N-dealkylation sites (tertiary alicyclic amines) is 1. The Morgan fingerprint density at radius 1 is 1.35 bits per heavy atom. The SMILES string of the molecule is CC1(C(=O)O)CCN(C(=O)c2cc(F)c(Cl)cc2F)C1. The zero-order valence-electron chi connectivity index (χ0n) is 10.6. The minimum atomic E-state index is -1.06. The second-order valence-electron chi connectivity index (χ2n) is 5.09. The highest BCUT2D eigenvalue weighted by atomic mass is 35.5. The molecule has 1 aromatic carbocycles. The van der Waals surface area contributed by atoms with E-state index in [1.807, 2.05) is 0 Å². The van der Waals surface area contributed by atoms with Crippen molar-refractivity contribution in [1.82, 2.24) is 4.90 Å². The summed E-state index contributed by atoms with van der Waals surface area (Å²) in [6.45, 7) is 1.66. The molecule has 0 radical (unpaired) electrons. The number of halogens is 3. The van der Waals surface area contributed by atoms with Crippen molar-refractivity contribution in [2.45, 2.75) is 13.3 Å². The maximum Gasteiger partial charge on any atom is 0.311 e. The van der Waals surface area contributed by atoms with Gasteiger partial charge in [0.15, 0.2) is 0 Å². The van der Waals surface area contributed by atoms with Crippen molar-refractivity contribution in [2.24, 2.45) is 5.41 Å². The average molecular weight is 304 g/mol. The Morgan fingerprint density at radius 3 is 2.55 bits per heavy atom. The monoisotopic (exact) mass is 303 g/mol. The third-order valence-electron chi connectivity index (χ3n) is 3.52. The van der Waals surface area contributed by atoms with Gasteiger partial charge in [-0.25, -0.2) is 8.78 Å². The molecule has 1 aliphatic heterocycles. The fraction of sp³-hybridized carbons (Fsp3) is 0.385. The minimum Gasteiger partial charge on any atom is -0.481 e. The summed E-state index contributed by atoms with van der Waals surface area (Å²) in [5.41, 5.74) is -1.50. The molecule has 0 saturated carbocycles. The van der Waals surface area contributed by atoms with Crippen LogP contribution in [0, 0.1) is 17.0 Å². The van der Waals surface area contributed by atoms with E-state index < -0.39 is 39.5 Å². The van der Waals surface area contributed by atoms with E-state index in [-0.39, 0.29) is 19.5 Å². The highest BCUT2D eigenvalue weighted by Gasteiger charge is 2.42. The lowest BCUT2D eigenvalue weighted by atomic mass is 9.90. The average Bonchev–Trinajstić information content (AvgIpc) is 2.77. The van der Waals surface area contributed by atoms with Crippen molar-refractivity contribution in [3.05, 3.63) is 34.4 Å². The van der Waals surface area contributed by atoms with Crippen LogP contribution in [0.5, 0.6) is 0 Å². The lowest BCUT2D eigenvalue weighted by Gasteiger charge is -2.20. The van der Waals surface area contributed by atoms with Crippen molar-refractivity contribution < 1.29 is 23.5 Å². The quantitative estimate of drug-likeness (QED) is 0.854. The third-order valence-corrected chi connectivity index (χ3v) is 3.81. The molecule has 1 atom stereocenters. The molecule has 1 amide bonds. The molecule has 1 fully saturated rings. The Morgan fingerprint density at radius 2 is 2.00 bits per heavy atom. The summed E-state index contributed by atoms with van der Waals surface area (Å²) < 4.78 is 27.0. The van der Waals surface area contributed by atoms with Gasteiger partial charge in [0.05, 0.1) is 16.0 Å². The van der Waals surface area contributed by atoms with Crippen molar-refractivity contribution in [1.29, 1.82) is 0 Å². The van der Waals surface area contributed by atoms with Crippen LogP contribution in [-0.2, 0) is 4.79 Å². The third kappa shape index (κ3) is 2.47. The van der Waals surface area contributed by atoms with Crippen LogP contribution in [0.4, 0.5) is 8.78 Å². The molecular weight excluding hydrogens is 292 g/mol. The normalized spacial score (nSPS) is 22.1. The fourth-order valence-electron chi connectivity index (χ4n) is 2.17. The smallest absolute Gasteiger partial charge is 0.311 e. The molecule has 0 aliphatic carbocycles. The van der Waals surface area contributed by atoms with Gasteiger partial charge in [0.2, 0.25) is 0 Å². The summed E-state index contributed by atoms with van der Waals surface area (Å²) in [4.78, 5) is 24.4. The second kappa shape index (κ2) is 5.01. The summed E-state index contributed by atoms with van der Waals surface area (Å²) in [6, 6.07) is 1.47. The number of hydrogen-bond acceptors (Lipinski definition) is 2. The maximum absolute atomic E-state index is 13.7. The van der Waals surface area contributed by atoms with Crippen LogP contribution < -0.4 is 0 Å². The molecule has 0 spiro atoms.